The predicted octanol–water partition coefficient (Wildman–Crippen LogP) is 3.24. The van der Waals surface area contributed by atoms with Crippen molar-refractivity contribution >= 4 is 0 Å². The van der Waals surface area contributed by atoms with Crippen LogP contribution < -0.4 is 10.1 Å². The molecule has 3 nitrogen and oxygen atoms in total. The van der Waals surface area contributed by atoms with E-state index in [2.05, 4.69) is 5.32 Å². The lowest BCUT2D eigenvalue weighted by atomic mass is 10.0. The van der Waals surface area contributed by atoms with E-state index in [1.165, 1.54) is 7.11 Å². The summed E-state index contributed by atoms with van der Waals surface area (Å²) < 4.78 is 48.8. The molecule has 0 aliphatic carbocycles. The Hall–Kier alpha value is -1.85. The van der Waals surface area contributed by atoms with E-state index in [-0.39, 0.29) is 5.75 Å². The van der Waals surface area contributed by atoms with Crippen LogP contribution in [0.15, 0.2) is 30.2 Å². The van der Waals surface area contributed by atoms with E-state index in [1.807, 2.05) is 0 Å². The maximum absolute atomic E-state index is 12.8. The third-order valence-corrected chi connectivity index (χ3v) is 2.90. The molecule has 0 amide bonds. The second-order valence-corrected chi connectivity index (χ2v) is 4.15. The van der Waals surface area contributed by atoms with Gasteiger partial charge in [-0.1, -0.05) is 0 Å². The van der Waals surface area contributed by atoms with E-state index in [4.69, 9.17) is 9.47 Å². The van der Waals surface area contributed by atoms with Crippen molar-refractivity contribution in [2.24, 2.45) is 0 Å². The monoisotopic (exact) mass is 273 g/mol. The van der Waals surface area contributed by atoms with Gasteiger partial charge in [0.2, 0.25) is 0 Å². The zero-order valence-corrected chi connectivity index (χ0v) is 10.5. The van der Waals surface area contributed by atoms with Crippen LogP contribution in [-0.4, -0.2) is 14.2 Å². The average Bonchev–Trinajstić information content (AvgIpc) is 2.86. The van der Waals surface area contributed by atoms with Gasteiger partial charge in [-0.15, -0.1) is 0 Å². The molecule has 1 unspecified atom stereocenters. The van der Waals surface area contributed by atoms with E-state index in [0.29, 0.717) is 17.9 Å². The van der Waals surface area contributed by atoms with Crippen molar-refractivity contribution < 1.29 is 22.6 Å². The summed E-state index contributed by atoms with van der Waals surface area (Å²) in [4.78, 5) is 0. The third-order valence-electron chi connectivity index (χ3n) is 2.90. The highest BCUT2D eigenvalue weighted by Gasteiger charge is 2.32. The molecule has 1 N–H and O–H groups in total. The van der Waals surface area contributed by atoms with Gasteiger partial charge in [-0.2, -0.15) is 13.2 Å². The molecule has 0 bridgehead atoms. The van der Waals surface area contributed by atoms with Gasteiger partial charge in [0, 0.05) is 13.5 Å². The zero-order valence-electron chi connectivity index (χ0n) is 10.5. The van der Waals surface area contributed by atoms with Crippen LogP contribution in [0.5, 0.6) is 5.75 Å². The molecule has 0 aromatic heterocycles. The van der Waals surface area contributed by atoms with Crippen molar-refractivity contribution in [2.75, 3.05) is 14.2 Å². The predicted molar refractivity (Wildman–Crippen MR) is 63.6 cm³/mol. The van der Waals surface area contributed by atoms with Crippen LogP contribution in [0.2, 0.25) is 0 Å². The Kier molecular flexibility index (Phi) is 3.59. The van der Waals surface area contributed by atoms with Crippen molar-refractivity contribution in [2.45, 2.75) is 18.7 Å². The standard InChI is InChI=1S/C13H14F3NO2/c1-17-12-4-3-11(19-12)8-5-9(13(14,15)16)7-10(6-8)18-2/h4-7,11,17H,3H2,1-2H3. The van der Waals surface area contributed by atoms with Crippen molar-refractivity contribution in [1.82, 2.24) is 5.32 Å². The first-order chi connectivity index (χ1) is 8.94. The van der Waals surface area contributed by atoms with Crippen LogP contribution >= 0.6 is 0 Å². The Labute approximate surface area is 109 Å². The second-order valence-electron chi connectivity index (χ2n) is 4.15. The Morgan fingerprint density at radius 3 is 2.58 bits per heavy atom. The summed E-state index contributed by atoms with van der Waals surface area (Å²) in [5, 5.41) is 2.82. The number of hydrogen-bond acceptors (Lipinski definition) is 3. The lowest BCUT2D eigenvalue weighted by molar-refractivity contribution is -0.137. The summed E-state index contributed by atoms with van der Waals surface area (Å²) in [6.45, 7) is 0. The fraction of sp³-hybridized carbons (Fsp3) is 0.385. The quantitative estimate of drug-likeness (QED) is 0.917. The van der Waals surface area contributed by atoms with Gasteiger partial charge in [-0.25, -0.2) is 0 Å². The van der Waals surface area contributed by atoms with Gasteiger partial charge in [-0.05, 0) is 29.8 Å². The summed E-state index contributed by atoms with van der Waals surface area (Å²) in [6, 6.07) is 3.64. The molecular formula is C13H14F3NO2. The van der Waals surface area contributed by atoms with Gasteiger partial charge in [0.15, 0.2) is 5.88 Å². The number of alkyl halides is 3. The summed E-state index contributed by atoms with van der Waals surface area (Å²) in [5.74, 6) is 0.743. The third kappa shape index (κ3) is 2.94. The molecule has 6 heteroatoms. The number of hydrogen-bond donors (Lipinski definition) is 1. The summed E-state index contributed by atoms with van der Waals surface area (Å²) in [7, 11) is 3.03. The van der Waals surface area contributed by atoms with E-state index in [0.717, 1.165) is 12.1 Å². The van der Waals surface area contributed by atoms with Crippen molar-refractivity contribution in [3.63, 3.8) is 0 Å². The van der Waals surface area contributed by atoms with Crippen molar-refractivity contribution in [1.29, 1.82) is 0 Å². The normalized spacial score (nSPS) is 18.8. The van der Waals surface area contributed by atoms with Crippen LogP contribution in [-0.2, 0) is 10.9 Å². The fourth-order valence-corrected chi connectivity index (χ4v) is 1.92. The minimum atomic E-state index is -4.40. The minimum Gasteiger partial charge on any atom is -0.497 e. The first-order valence-corrected chi connectivity index (χ1v) is 5.75. The van der Waals surface area contributed by atoms with E-state index >= 15 is 0 Å². The smallest absolute Gasteiger partial charge is 0.416 e. The zero-order chi connectivity index (χ0) is 14.0. The molecule has 0 spiro atoms. The first kappa shape index (κ1) is 13.6. The van der Waals surface area contributed by atoms with Crippen LogP contribution in [0.4, 0.5) is 13.2 Å². The van der Waals surface area contributed by atoms with Crippen molar-refractivity contribution in [3.05, 3.63) is 41.3 Å². The van der Waals surface area contributed by atoms with Crippen LogP contribution in [0.25, 0.3) is 0 Å². The molecule has 0 saturated carbocycles. The number of ether oxygens (including phenoxy) is 2. The lowest BCUT2D eigenvalue weighted by Crippen LogP contribution is -2.10. The Morgan fingerprint density at radius 1 is 1.32 bits per heavy atom. The van der Waals surface area contributed by atoms with Crippen LogP contribution in [0, 0.1) is 0 Å². The highest BCUT2D eigenvalue weighted by molar-refractivity contribution is 5.38. The average molecular weight is 273 g/mol. The van der Waals surface area contributed by atoms with Gasteiger partial charge < -0.3 is 14.8 Å². The molecule has 2 rings (SSSR count). The molecule has 0 saturated heterocycles. The van der Waals surface area contributed by atoms with Gasteiger partial charge in [-0.3, -0.25) is 0 Å². The summed E-state index contributed by atoms with van der Waals surface area (Å²) in [5.41, 5.74) is -0.281. The molecular weight excluding hydrogens is 259 g/mol. The molecule has 104 valence electrons. The second kappa shape index (κ2) is 5.03. The van der Waals surface area contributed by atoms with Crippen LogP contribution in [0.1, 0.15) is 23.7 Å². The van der Waals surface area contributed by atoms with Crippen LogP contribution in [0.3, 0.4) is 0 Å². The largest absolute Gasteiger partial charge is 0.497 e. The molecule has 0 radical (unpaired) electrons. The molecule has 0 fully saturated rings. The maximum atomic E-state index is 12.8. The highest BCUT2D eigenvalue weighted by atomic mass is 19.4. The summed E-state index contributed by atoms with van der Waals surface area (Å²) in [6.07, 6.45) is -2.49. The fourth-order valence-electron chi connectivity index (χ4n) is 1.92. The van der Waals surface area contributed by atoms with Gasteiger partial charge in [0.05, 0.1) is 12.7 Å². The van der Waals surface area contributed by atoms with E-state index in [9.17, 15) is 13.2 Å². The molecule has 1 aliphatic rings. The molecule has 1 aromatic carbocycles. The number of benzene rings is 1. The molecule has 19 heavy (non-hydrogen) atoms. The number of halogens is 3. The minimum absolute atomic E-state index is 0.173. The molecule has 1 atom stereocenters. The Bertz CT molecular complexity index is 497. The lowest BCUT2D eigenvalue weighted by Gasteiger charge is -2.17. The van der Waals surface area contributed by atoms with E-state index < -0.39 is 17.8 Å². The van der Waals surface area contributed by atoms with Crippen molar-refractivity contribution in [3.8, 4) is 5.75 Å². The van der Waals surface area contributed by atoms with E-state index in [1.54, 1.807) is 19.2 Å². The van der Waals surface area contributed by atoms with Gasteiger partial charge >= 0.3 is 6.18 Å². The topological polar surface area (TPSA) is 30.5 Å². The number of nitrogens with one attached hydrogen (secondary N) is 1. The molecule has 1 aromatic rings. The highest BCUT2D eigenvalue weighted by Crippen LogP contribution is 2.37. The van der Waals surface area contributed by atoms with Gasteiger partial charge in [0.1, 0.15) is 11.9 Å². The SMILES string of the molecule is CNC1=CCC(c2cc(OC)cc(C(F)(F)F)c2)O1. The Morgan fingerprint density at radius 2 is 2.05 bits per heavy atom. The summed E-state index contributed by atoms with van der Waals surface area (Å²) >= 11 is 0. The maximum Gasteiger partial charge on any atom is 0.416 e. The number of methoxy groups -OCH3 is 1. The van der Waals surface area contributed by atoms with Gasteiger partial charge in [0.25, 0.3) is 0 Å². The molecule has 1 aliphatic heterocycles. The number of rotatable bonds is 3. The first-order valence-electron chi connectivity index (χ1n) is 5.75. The molecule has 1 heterocycles. The Balaban J connectivity index is 2.31.